The number of ether oxygens (including phenoxy) is 2. The van der Waals surface area contributed by atoms with Crippen LogP contribution in [0.3, 0.4) is 0 Å². The molecule has 4 aromatic carbocycles. The zero-order chi connectivity index (χ0) is 31.5. The summed E-state index contributed by atoms with van der Waals surface area (Å²) in [5, 5.41) is 0. The van der Waals surface area contributed by atoms with Crippen molar-refractivity contribution in [2.75, 3.05) is 6.61 Å². The first-order valence-corrected chi connectivity index (χ1v) is 17.9. The fourth-order valence-electron chi connectivity index (χ4n) is 5.45. The molecule has 0 saturated carbocycles. The predicted molar refractivity (Wildman–Crippen MR) is 179 cm³/mol. The average molecular weight is 647 g/mol. The first-order chi connectivity index (χ1) is 21.9. The highest BCUT2D eigenvalue weighted by Crippen LogP contribution is 2.52. The molecular weight excluding hydrogens is 603 g/mol. The van der Waals surface area contributed by atoms with Crippen molar-refractivity contribution in [3.05, 3.63) is 138 Å². The molecule has 0 radical (unpaired) electrons. The van der Waals surface area contributed by atoms with E-state index in [1.807, 2.05) is 97.1 Å². The van der Waals surface area contributed by atoms with Crippen LogP contribution in [0.15, 0.2) is 126 Å². The minimum atomic E-state index is -3.90. The first-order valence-electron chi connectivity index (χ1n) is 15.5. The highest BCUT2D eigenvalue weighted by Gasteiger charge is 2.45. The van der Waals surface area contributed by atoms with E-state index < -0.39 is 7.82 Å². The van der Waals surface area contributed by atoms with Gasteiger partial charge in [0.15, 0.2) is 0 Å². The monoisotopic (exact) mass is 646 g/mol. The Labute approximate surface area is 272 Å². The molecule has 0 aromatic heterocycles. The molecule has 1 fully saturated rings. The SMILES string of the molecule is CC1[C@H](C)C([C@H](C)COP(=O)(OCc2ccccc2)OCc2ccccc2)O[C@H](Sc2ccccc2)[C@@H]1OCc1ccccc1. The lowest BCUT2D eigenvalue weighted by Crippen LogP contribution is -2.51. The van der Waals surface area contributed by atoms with E-state index in [-0.39, 0.29) is 55.2 Å². The molecule has 1 heterocycles. The van der Waals surface area contributed by atoms with Crippen molar-refractivity contribution in [3.8, 4) is 0 Å². The summed E-state index contributed by atoms with van der Waals surface area (Å²) >= 11 is 1.68. The Hall–Kier alpha value is -2.74. The van der Waals surface area contributed by atoms with Gasteiger partial charge in [-0.1, -0.05) is 142 Å². The maximum absolute atomic E-state index is 13.9. The summed E-state index contributed by atoms with van der Waals surface area (Å²) in [5.41, 5.74) is 2.67. The molecule has 6 nitrogen and oxygen atoms in total. The van der Waals surface area contributed by atoms with Crippen molar-refractivity contribution in [3.63, 3.8) is 0 Å². The quantitative estimate of drug-likeness (QED) is 0.119. The van der Waals surface area contributed by atoms with Gasteiger partial charge >= 0.3 is 7.82 Å². The maximum Gasteiger partial charge on any atom is 0.475 e. The van der Waals surface area contributed by atoms with E-state index in [1.54, 1.807) is 11.8 Å². The number of hydrogen-bond donors (Lipinski definition) is 0. The fourth-order valence-corrected chi connectivity index (χ4v) is 7.93. The van der Waals surface area contributed by atoms with Crippen LogP contribution in [0, 0.1) is 17.8 Å². The maximum atomic E-state index is 13.9. The van der Waals surface area contributed by atoms with Crippen molar-refractivity contribution in [1.82, 2.24) is 0 Å². The zero-order valence-electron chi connectivity index (χ0n) is 26.1. The van der Waals surface area contributed by atoms with Crippen LogP contribution in [-0.2, 0) is 47.4 Å². The Balaban J connectivity index is 1.27. The van der Waals surface area contributed by atoms with Crippen LogP contribution in [0.25, 0.3) is 0 Å². The summed E-state index contributed by atoms with van der Waals surface area (Å²) < 4.78 is 45.1. The minimum Gasteiger partial charge on any atom is -0.370 e. The Morgan fingerprint density at radius 2 is 1.13 bits per heavy atom. The van der Waals surface area contributed by atoms with E-state index in [0.717, 1.165) is 21.6 Å². The Morgan fingerprint density at radius 1 is 0.667 bits per heavy atom. The lowest BCUT2D eigenvalue weighted by Gasteiger charge is -2.46. The summed E-state index contributed by atoms with van der Waals surface area (Å²) in [7, 11) is -3.90. The van der Waals surface area contributed by atoms with Gasteiger partial charge in [0.25, 0.3) is 0 Å². The van der Waals surface area contributed by atoms with E-state index in [0.29, 0.717) is 6.61 Å². The molecule has 2 unspecified atom stereocenters. The van der Waals surface area contributed by atoms with Crippen LogP contribution >= 0.6 is 19.6 Å². The second-order valence-electron chi connectivity index (χ2n) is 11.6. The third kappa shape index (κ3) is 9.87. The second kappa shape index (κ2) is 16.7. The van der Waals surface area contributed by atoms with Crippen LogP contribution < -0.4 is 0 Å². The smallest absolute Gasteiger partial charge is 0.370 e. The Kier molecular flexibility index (Phi) is 12.5. The summed E-state index contributed by atoms with van der Waals surface area (Å²) in [6.45, 7) is 7.41. The van der Waals surface area contributed by atoms with Gasteiger partial charge in [-0.05, 0) is 40.7 Å². The van der Waals surface area contributed by atoms with Crippen LogP contribution in [-0.4, -0.2) is 24.3 Å². The van der Waals surface area contributed by atoms with Crippen molar-refractivity contribution in [1.29, 1.82) is 0 Å². The van der Waals surface area contributed by atoms with Gasteiger partial charge in [0.2, 0.25) is 0 Å². The number of rotatable bonds is 15. The average Bonchev–Trinajstić information content (AvgIpc) is 3.09. The molecule has 0 amide bonds. The summed E-state index contributed by atoms with van der Waals surface area (Å²) in [4.78, 5) is 1.12. The topological polar surface area (TPSA) is 63.2 Å². The van der Waals surface area contributed by atoms with Crippen molar-refractivity contribution in [2.24, 2.45) is 17.8 Å². The van der Waals surface area contributed by atoms with Gasteiger partial charge in [-0.3, -0.25) is 13.6 Å². The van der Waals surface area contributed by atoms with Gasteiger partial charge in [-0.15, -0.1) is 0 Å². The zero-order valence-corrected chi connectivity index (χ0v) is 27.9. The van der Waals surface area contributed by atoms with Gasteiger partial charge in [0, 0.05) is 10.8 Å². The van der Waals surface area contributed by atoms with Crippen LogP contribution in [0.5, 0.6) is 0 Å². The number of phosphoric acid groups is 1. The Morgan fingerprint density at radius 3 is 1.64 bits per heavy atom. The van der Waals surface area contributed by atoms with E-state index >= 15 is 0 Å². The molecule has 0 bridgehead atoms. The van der Waals surface area contributed by atoms with Crippen LogP contribution in [0.2, 0.25) is 0 Å². The lowest BCUT2D eigenvalue weighted by atomic mass is 9.79. The van der Waals surface area contributed by atoms with E-state index in [4.69, 9.17) is 23.0 Å². The summed E-state index contributed by atoms with van der Waals surface area (Å²) in [5.74, 6) is 0.267. The molecular formula is C37H43O6PS. The normalized spacial score (nSPS) is 22.6. The highest BCUT2D eigenvalue weighted by molar-refractivity contribution is 7.99. The molecule has 1 saturated heterocycles. The lowest BCUT2D eigenvalue weighted by molar-refractivity contribution is -0.175. The van der Waals surface area contributed by atoms with Gasteiger partial charge in [0.05, 0.1) is 38.6 Å². The predicted octanol–water partition coefficient (Wildman–Crippen LogP) is 9.56. The van der Waals surface area contributed by atoms with Crippen molar-refractivity contribution >= 4 is 19.6 Å². The third-order valence-corrected chi connectivity index (χ3v) is 10.7. The van der Waals surface area contributed by atoms with Crippen molar-refractivity contribution < 1.29 is 27.6 Å². The van der Waals surface area contributed by atoms with Gasteiger partial charge in [-0.2, -0.15) is 0 Å². The van der Waals surface area contributed by atoms with E-state index in [9.17, 15) is 4.57 Å². The third-order valence-electron chi connectivity index (χ3n) is 8.23. The molecule has 238 valence electrons. The van der Waals surface area contributed by atoms with Gasteiger partial charge in [-0.25, -0.2) is 4.57 Å². The molecule has 45 heavy (non-hydrogen) atoms. The minimum absolute atomic E-state index is 0.0922. The van der Waals surface area contributed by atoms with E-state index in [1.165, 1.54) is 0 Å². The molecule has 8 heteroatoms. The summed E-state index contributed by atoms with van der Waals surface area (Å²) in [6.07, 6.45) is -0.279. The molecule has 1 aliphatic rings. The van der Waals surface area contributed by atoms with Crippen LogP contribution in [0.1, 0.15) is 37.5 Å². The van der Waals surface area contributed by atoms with Gasteiger partial charge in [0.1, 0.15) is 5.44 Å². The molecule has 0 aliphatic carbocycles. The number of hydrogen-bond acceptors (Lipinski definition) is 7. The molecule has 4 aromatic rings. The first kappa shape index (κ1) is 33.6. The number of phosphoric ester groups is 1. The summed E-state index contributed by atoms with van der Waals surface area (Å²) in [6, 6.07) is 39.7. The number of benzene rings is 4. The fraction of sp³-hybridized carbons (Fsp3) is 0.351. The largest absolute Gasteiger partial charge is 0.475 e. The standard InChI is InChI=1S/C37H43O6PS/c1-28(24-40-44(38,41-26-32-18-10-5-11-19-32)42-27-33-20-12-6-13-21-33)35-29(2)30(3)36(39-25-31-16-8-4-9-17-31)37(43-35)45-34-22-14-7-15-23-34/h4-23,28-30,35-37H,24-27H2,1-3H3/t28-,29+,30?,35?,36-,37-/m1/s1. The van der Waals surface area contributed by atoms with Gasteiger partial charge < -0.3 is 9.47 Å². The number of thioether (sulfide) groups is 1. The molecule has 0 spiro atoms. The van der Waals surface area contributed by atoms with E-state index in [2.05, 4.69) is 45.0 Å². The molecule has 6 atom stereocenters. The van der Waals surface area contributed by atoms with Crippen LogP contribution in [0.4, 0.5) is 0 Å². The molecule has 5 rings (SSSR count). The molecule has 1 aliphatic heterocycles. The Bertz CT molecular complexity index is 1410. The second-order valence-corrected chi connectivity index (χ2v) is 14.5. The highest BCUT2D eigenvalue weighted by atomic mass is 32.2. The molecule has 0 N–H and O–H groups in total. The van der Waals surface area contributed by atoms with Crippen molar-refractivity contribution in [2.45, 2.75) is 63.1 Å².